The molecule has 7 heteroatoms. The highest BCUT2D eigenvalue weighted by atomic mass is 127. The second kappa shape index (κ2) is 8.29. The van der Waals surface area contributed by atoms with E-state index in [0.29, 0.717) is 24.0 Å². The number of ether oxygens (including phenoxy) is 1. The molecule has 4 aliphatic rings. The highest BCUT2D eigenvalue weighted by molar-refractivity contribution is 14.0. The van der Waals surface area contributed by atoms with Crippen molar-refractivity contribution < 1.29 is 9.15 Å². The minimum atomic E-state index is 0. The third kappa shape index (κ3) is 3.62. The SMILES string of the molecule is CN=C(NCC(c1ccco1)N1CCCC1)N1CC2C3CCC(O3)C2C1.I. The smallest absolute Gasteiger partial charge is 0.193 e. The number of hydrogen-bond acceptors (Lipinski definition) is 4. The van der Waals surface area contributed by atoms with Crippen LogP contribution in [0.5, 0.6) is 0 Å². The zero-order valence-corrected chi connectivity index (χ0v) is 18.4. The van der Waals surface area contributed by atoms with Crippen molar-refractivity contribution in [3.05, 3.63) is 24.2 Å². The van der Waals surface area contributed by atoms with Crippen LogP contribution in [0.15, 0.2) is 27.8 Å². The Labute approximate surface area is 178 Å². The van der Waals surface area contributed by atoms with Gasteiger partial charge in [0.2, 0.25) is 0 Å². The zero-order chi connectivity index (χ0) is 17.5. The van der Waals surface area contributed by atoms with Gasteiger partial charge < -0.3 is 19.4 Å². The fourth-order valence-electron chi connectivity index (χ4n) is 5.60. The molecule has 1 aromatic heterocycles. The van der Waals surface area contributed by atoms with Gasteiger partial charge in [-0.3, -0.25) is 9.89 Å². The molecule has 5 atom stereocenters. The van der Waals surface area contributed by atoms with Crippen LogP contribution in [0.1, 0.15) is 37.5 Å². The second-order valence-electron chi connectivity index (χ2n) is 8.23. The number of fused-ring (bicyclic) bond motifs is 5. The van der Waals surface area contributed by atoms with Gasteiger partial charge in [-0.1, -0.05) is 0 Å². The summed E-state index contributed by atoms with van der Waals surface area (Å²) in [7, 11) is 1.90. The number of aliphatic imine (C=N–C) groups is 1. The molecule has 4 fully saturated rings. The van der Waals surface area contributed by atoms with E-state index in [1.165, 1.54) is 25.7 Å². The second-order valence-corrected chi connectivity index (χ2v) is 8.23. The van der Waals surface area contributed by atoms with E-state index < -0.39 is 0 Å². The summed E-state index contributed by atoms with van der Waals surface area (Å²) in [5.41, 5.74) is 0. The first-order valence-corrected chi connectivity index (χ1v) is 10.2. The van der Waals surface area contributed by atoms with Crippen LogP contribution in [0.25, 0.3) is 0 Å². The molecule has 5 unspecified atom stereocenters. The monoisotopic (exact) mass is 486 g/mol. The number of nitrogens with zero attached hydrogens (tertiary/aromatic N) is 3. The van der Waals surface area contributed by atoms with Crippen LogP contribution in [-0.2, 0) is 4.74 Å². The number of likely N-dealkylation sites (tertiary alicyclic amines) is 2. The van der Waals surface area contributed by atoms with Crippen LogP contribution >= 0.6 is 24.0 Å². The van der Waals surface area contributed by atoms with Crippen LogP contribution in [0.2, 0.25) is 0 Å². The van der Waals surface area contributed by atoms with Gasteiger partial charge in [0.05, 0.1) is 24.5 Å². The molecule has 0 aliphatic carbocycles. The highest BCUT2D eigenvalue weighted by Crippen LogP contribution is 2.47. The van der Waals surface area contributed by atoms with Crippen LogP contribution in [0, 0.1) is 11.8 Å². The molecule has 4 aliphatic heterocycles. The molecule has 0 radical (unpaired) electrons. The molecule has 2 bridgehead atoms. The molecule has 27 heavy (non-hydrogen) atoms. The molecular weight excluding hydrogens is 455 g/mol. The maximum Gasteiger partial charge on any atom is 0.193 e. The molecule has 1 N–H and O–H groups in total. The Morgan fingerprint density at radius 2 is 1.93 bits per heavy atom. The Kier molecular flexibility index (Phi) is 5.99. The molecule has 5 rings (SSSR count). The number of nitrogens with one attached hydrogen (secondary N) is 1. The molecule has 0 aromatic carbocycles. The lowest BCUT2D eigenvalue weighted by Gasteiger charge is -2.29. The summed E-state index contributed by atoms with van der Waals surface area (Å²) in [5, 5.41) is 3.65. The normalized spacial score (nSPS) is 34.0. The van der Waals surface area contributed by atoms with E-state index in [-0.39, 0.29) is 30.0 Å². The number of rotatable bonds is 4. The van der Waals surface area contributed by atoms with E-state index in [4.69, 9.17) is 9.15 Å². The van der Waals surface area contributed by atoms with Crippen LogP contribution in [0.4, 0.5) is 0 Å². The molecule has 0 spiro atoms. The van der Waals surface area contributed by atoms with E-state index in [9.17, 15) is 0 Å². The van der Waals surface area contributed by atoms with Gasteiger partial charge in [-0.2, -0.15) is 0 Å². The highest BCUT2D eigenvalue weighted by Gasteiger charge is 2.53. The average molecular weight is 486 g/mol. The lowest BCUT2D eigenvalue weighted by Crippen LogP contribution is -2.44. The molecule has 5 heterocycles. The van der Waals surface area contributed by atoms with Crippen LogP contribution in [0.3, 0.4) is 0 Å². The number of guanidine groups is 1. The maximum absolute atomic E-state index is 6.11. The molecule has 150 valence electrons. The van der Waals surface area contributed by atoms with Crippen molar-refractivity contribution in [3.63, 3.8) is 0 Å². The predicted octanol–water partition coefficient (Wildman–Crippen LogP) is 2.72. The quantitative estimate of drug-likeness (QED) is 0.403. The lowest BCUT2D eigenvalue weighted by atomic mass is 9.82. The minimum Gasteiger partial charge on any atom is -0.468 e. The summed E-state index contributed by atoms with van der Waals surface area (Å²) >= 11 is 0. The third-order valence-electron chi connectivity index (χ3n) is 6.87. The van der Waals surface area contributed by atoms with E-state index in [1.54, 1.807) is 6.26 Å². The molecule has 0 amide bonds. The van der Waals surface area contributed by atoms with Crippen molar-refractivity contribution in [1.82, 2.24) is 15.1 Å². The van der Waals surface area contributed by atoms with Crippen molar-refractivity contribution >= 4 is 29.9 Å². The van der Waals surface area contributed by atoms with Crippen LogP contribution < -0.4 is 5.32 Å². The van der Waals surface area contributed by atoms with E-state index in [0.717, 1.165) is 44.4 Å². The van der Waals surface area contributed by atoms with Crippen molar-refractivity contribution in [1.29, 1.82) is 0 Å². The van der Waals surface area contributed by atoms with Crippen LogP contribution in [-0.4, -0.2) is 67.7 Å². The number of hydrogen-bond donors (Lipinski definition) is 1. The van der Waals surface area contributed by atoms with Gasteiger partial charge in [0.25, 0.3) is 0 Å². The third-order valence-corrected chi connectivity index (χ3v) is 6.87. The summed E-state index contributed by atoms with van der Waals surface area (Å²) in [6.45, 7) is 5.32. The van der Waals surface area contributed by atoms with Gasteiger partial charge in [-0.25, -0.2) is 0 Å². The van der Waals surface area contributed by atoms with Crippen molar-refractivity contribution in [2.45, 2.75) is 43.9 Å². The van der Waals surface area contributed by atoms with Crippen molar-refractivity contribution in [3.8, 4) is 0 Å². The number of furan rings is 1. The first-order valence-electron chi connectivity index (χ1n) is 10.2. The molecule has 6 nitrogen and oxygen atoms in total. The maximum atomic E-state index is 6.11. The lowest BCUT2D eigenvalue weighted by molar-refractivity contribution is 0.0766. The van der Waals surface area contributed by atoms with Gasteiger partial charge in [0, 0.05) is 38.5 Å². The summed E-state index contributed by atoms with van der Waals surface area (Å²) < 4.78 is 11.9. The average Bonchev–Trinajstić information content (AvgIpc) is 3.45. The Morgan fingerprint density at radius 1 is 1.22 bits per heavy atom. The summed E-state index contributed by atoms with van der Waals surface area (Å²) in [6.07, 6.45) is 7.84. The number of halogens is 1. The van der Waals surface area contributed by atoms with Gasteiger partial charge in [-0.05, 0) is 50.9 Å². The minimum absolute atomic E-state index is 0. The van der Waals surface area contributed by atoms with Crippen molar-refractivity contribution in [2.24, 2.45) is 16.8 Å². The Balaban J connectivity index is 0.00000180. The van der Waals surface area contributed by atoms with Gasteiger partial charge in [-0.15, -0.1) is 24.0 Å². The molecule has 0 saturated carbocycles. The summed E-state index contributed by atoms with van der Waals surface area (Å²) in [5.74, 6) is 3.49. The first kappa shape index (κ1) is 19.5. The predicted molar refractivity (Wildman–Crippen MR) is 115 cm³/mol. The topological polar surface area (TPSA) is 53.2 Å². The largest absolute Gasteiger partial charge is 0.468 e. The fraction of sp³-hybridized carbons (Fsp3) is 0.750. The van der Waals surface area contributed by atoms with Gasteiger partial charge in [0.15, 0.2) is 5.96 Å². The molecule has 1 aromatic rings. The Hall–Kier alpha value is -0.800. The molecular formula is C20H31IN4O2. The Bertz CT molecular complexity index is 628. The van der Waals surface area contributed by atoms with Gasteiger partial charge >= 0.3 is 0 Å². The zero-order valence-electron chi connectivity index (χ0n) is 16.0. The first-order chi connectivity index (χ1) is 12.8. The van der Waals surface area contributed by atoms with Crippen molar-refractivity contribution in [2.75, 3.05) is 39.8 Å². The summed E-state index contributed by atoms with van der Waals surface area (Å²) in [4.78, 5) is 9.57. The van der Waals surface area contributed by atoms with E-state index in [1.807, 2.05) is 13.1 Å². The van der Waals surface area contributed by atoms with E-state index in [2.05, 4.69) is 26.2 Å². The fourth-order valence-corrected chi connectivity index (χ4v) is 5.60. The van der Waals surface area contributed by atoms with E-state index >= 15 is 0 Å². The Morgan fingerprint density at radius 3 is 2.52 bits per heavy atom. The standard InChI is InChI=1S/C20H30N4O2.HI/c1-21-20(24-12-14-15(13-24)18-7-6-17(14)26-18)22-11-16(19-5-4-10-25-19)23-8-2-3-9-23;/h4-5,10,14-18H,2-3,6-9,11-13H2,1H3,(H,21,22);1H. The van der Waals surface area contributed by atoms with Gasteiger partial charge in [0.1, 0.15) is 5.76 Å². The summed E-state index contributed by atoms with van der Waals surface area (Å²) in [6, 6.07) is 4.37. The molecule has 4 saturated heterocycles.